The van der Waals surface area contributed by atoms with Gasteiger partial charge in [-0.15, -0.1) is 0 Å². The third-order valence-corrected chi connectivity index (χ3v) is 6.86. The zero-order valence-electron chi connectivity index (χ0n) is 18.1. The second kappa shape index (κ2) is 9.29. The molecule has 33 heavy (non-hydrogen) atoms. The van der Waals surface area contributed by atoms with Gasteiger partial charge in [0.25, 0.3) is 5.91 Å². The summed E-state index contributed by atoms with van der Waals surface area (Å²) in [6, 6.07) is 18.7. The smallest absolute Gasteiger partial charge is 0.251 e. The van der Waals surface area contributed by atoms with Gasteiger partial charge in [-0.1, -0.05) is 43.5 Å². The van der Waals surface area contributed by atoms with Gasteiger partial charge in [0.15, 0.2) is 5.58 Å². The molecule has 0 aliphatic heterocycles. The highest BCUT2D eigenvalue weighted by Gasteiger charge is 2.18. The standard InChI is InChI=1S/C26H25N3O3S/c27-33(31)21-11-5-7-18(15-21)24-16-23-25(32-24)22(12-13-28-23)17-6-4-8-19(14-17)26(30)29-20-9-2-1-3-10-20/h4-8,11-16,20H,1-3,9-10,27H2,(H,29,30). The third-order valence-electron chi connectivity index (χ3n) is 6.14. The van der Waals surface area contributed by atoms with Crippen LogP contribution >= 0.6 is 0 Å². The Hall–Kier alpha value is -3.29. The number of hydrogen-bond donors (Lipinski definition) is 2. The highest BCUT2D eigenvalue weighted by Crippen LogP contribution is 2.34. The Labute approximate surface area is 194 Å². The van der Waals surface area contributed by atoms with Gasteiger partial charge in [0.05, 0.1) is 4.90 Å². The average Bonchev–Trinajstić information content (AvgIpc) is 3.29. The number of benzene rings is 2. The molecule has 0 spiro atoms. The number of hydrogen-bond acceptors (Lipinski definition) is 4. The van der Waals surface area contributed by atoms with Crippen molar-refractivity contribution in [1.82, 2.24) is 10.3 Å². The molecule has 1 aliphatic carbocycles. The summed E-state index contributed by atoms with van der Waals surface area (Å²) >= 11 is 0. The molecule has 2 aromatic carbocycles. The van der Waals surface area contributed by atoms with Crippen LogP contribution in [0.1, 0.15) is 42.5 Å². The first-order chi connectivity index (χ1) is 16.1. The Balaban J connectivity index is 1.48. The van der Waals surface area contributed by atoms with Crippen LogP contribution in [-0.2, 0) is 11.0 Å². The monoisotopic (exact) mass is 459 g/mol. The number of fused-ring (bicyclic) bond motifs is 1. The van der Waals surface area contributed by atoms with Crippen LogP contribution in [0, 0.1) is 0 Å². The molecule has 0 saturated heterocycles. The molecule has 2 aromatic heterocycles. The Morgan fingerprint density at radius 1 is 1.00 bits per heavy atom. The SMILES string of the molecule is NS(=O)c1cccc(-c2cc3nccc(-c4cccc(C(=O)NC5CCCCC5)c4)c3o2)c1. The number of nitrogens with one attached hydrogen (secondary N) is 1. The molecular weight excluding hydrogens is 434 g/mol. The highest BCUT2D eigenvalue weighted by molar-refractivity contribution is 7.82. The van der Waals surface area contributed by atoms with Crippen LogP contribution < -0.4 is 10.5 Å². The van der Waals surface area contributed by atoms with E-state index in [0.717, 1.165) is 29.5 Å². The van der Waals surface area contributed by atoms with E-state index in [-0.39, 0.29) is 11.9 Å². The summed E-state index contributed by atoms with van der Waals surface area (Å²) in [5, 5.41) is 8.71. The molecule has 3 N–H and O–H groups in total. The Morgan fingerprint density at radius 3 is 2.61 bits per heavy atom. The molecule has 1 atom stereocenters. The predicted molar refractivity (Wildman–Crippen MR) is 130 cm³/mol. The van der Waals surface area contributed by atoms with E-state index >= 15 is 0 Å². The minimum absolute atomic E-state index is 0.0409. The Morgan fingerprint density at radius 2 is 1.79 bits per heavy atom. The quantitative estimate of drug-likeness (QED) is 0.428. The number of pyridine rings is 1. The number of rotatable bonds is 5. The molecule has 0 radical (unpaired) electrons. The van der Waals surface area contributed by atoms with Gasteiger partial charge in [0.1, 0.15) is 22.3 Å². The summed E-state index contributed by atoms with van der Waals surface area (Å²) in [4.78, 5) is 17.8. The minimum Gasteiger partial charge on any atom is -0.454 e. The van der Waals surface area contributed by atoms with Crippen molar-refractivity contribution >= 4 is 28.0 Å². The van der Waals surface area contributed by atoms with Crippen molar-refractivity contribution in [1.29, 1.82) is 0 Å². The summed E-state index contributed by atoms with van der Waals surface area (Å²) in [7, 11) is -1.57. The van der Waals surface area contributed by atoms with Crippen LogP contribution in [0.4, 0.5) is 0 Å². The molecule has 0 bridgehead atoms. The lowest BCUT2D eigenvalue weighted by Crippen LogP contribution is -2.36. The number of furan rings is 1. The molecule has 5 rings (SSSR count). The van der Waals surface area contributed by atoms with Crippen molar-refractivity contribution in [3.05, 3.63) is 72.4 Å². The number of nitrogens with two attached hydrogens (primary N) is 1. The molecule has 1 saturated carbocycles. The van der Waals surface area contributed by atoms with E-state index in [9.17, 15) is 9.00 Å². The van der Waals surface area contributed by atoms with E-state index in [2.05, 4.69) is 10.3 Å². The maximum atomic E-state index is 12.9. The van der Waals surface area contributed by atoms with Gasteiger partial charge in [-0.3, -0.25) is 9.78 Å². The van der Waals surface area contributed by atoms with Gasteiger partial charge in [0, 0.05) is 35.0 Å². The van der Waals surface area contributed by atoms with Crippen molar-refractivity contribution in [2.45, 2.75) is 43.0 Å². The van der Waals surface area contributed by atoms with E-state index in [0.29, 0.717) is 27.3 Å². The summed E-state index contributed by atoms with van der Waals surface area (Å²) in [6.45, 7) is 0. The summed E-state index contributed by atoms with van der Waals surface area (Å²) in [5.74, 6) is 0.573. The molecule has 168 valence electrons. The van der Waals surface area contributed by atoms with Gasteiger partial charge < -0.3 is 9.73 Å². The summed E-state index contributed by atoms with van der Waals surface area (Å²) < 4.78 is 17.9. The van der Waals surface area contributed by atoms with Crippen LogP contribution in [0.25, 0.3) is 33.6 Å². The van der Waals surface area contributed by atoms with E-state index in [4.69, 9.17) is 9.56 Å². The molecule has 1 aliphatic rings. The topological polar surface area (TPSA) is 98.2 Å². The first-order valence-electron chi connectivity index (χ1n) is 11.1. The maximum Gasteiger partial charge on any atom is 0.251 e. The van der Waals surface area contributed by atoms with E-state index in [1.807, 2.05) is 42.5 Å². The molecular formula is C26H25N3O3S. The Bertz CT molecular complexity index is 1340. The lowest BCUT2D eigenvalue weighted by Gasteiger charge is -2.22. The first kappa shape index (κ1) is 21.6. The molecule has 7 heteroatoms. The molecule has 6 nitrogen and oxygen atoms in total. The highest BCUT2D eigenvalue weighted by atomic mass is 32.2. The van der Waals surface area contributed by atoms with Crippen molar-refractivity contribution in [3.8, 4) is 22.5 Å². The van der Waals surface area contributed by atoms with Crippen molar-refractivity contribution < 1.29 is 13.4 Å². The second-order valence-corrected chi connectivity index (χ2v) is 9.46. The maximum absolute atomic E-state index is 12.9. The lowest BCUT2D eigenvalue weighted by atomic mass is 9.95. The normalized spacial score (nSPS) is 15.4. The third kappa shape index (κ3) is 4.60. The molecule has 1 amide bonds. The van der Waals surface area contributed by atoms with Crippen molar-refractivity contribution in [2.24, 2.45) is 5.14 Å². The van der Waals surface area contributed by atoms with Crippen molar-refractivity contribution in [3.63, 3.8) is 0 Å². The summed E-state index contributed by atoms with van der Waals surface area (Å²) in [6.07, 6.45) is 7.42. The molecule has 1 unspecified atom stereocenters. The number of carbonyl (C=O) groups is 1. The fraction of sp³-hybridized carbons (Fsp3) is 0.231. The average molecular weight is 460 g/mol. The van der Waals surface area contributed by atoms with Crippen molar-refractivity contribution in [2.75, 3.05) is 0 Å². The first-order valence-corrected chi connectivity index (χ1v) is 12.4. The number of amides is 1. The van der Waals surface area contributed by atoms with Gasteiger partial charge in [-0.2, -0.15) is 0 Å². The van der Waals surface area contributed by atoms with Gasteiger partial charge in [-0.05, 0) is 48.7 Å². The number of nitrogens with zero attached hydrogens (tertiary/aromatic N) is 1. The fourth-order valence-corrected chi connectivity index (χ4v) is 4.88. The van der Waals surface area contributed by atoms with Gasteiger partial charge >= 0.3 is 0 Å². The second-order valence-electron chi connectivity index (χ2n) is 8.40. The van der Waals surface area contributed by atoms with Crippen LogP contribution in [0.15, 0.2) is 76.2 Å². The largest absolute Gasteiger partial charge is 0.454 e. The zero-order chi connectivity index (χ0) is 22.8. The predicted octanol–water partition coefficient (Wildman–Crippen LogP) is 5.21. The van der Waals surface area contributed by atoms with Crippen LogP contribution in [0.3, 0.4) is 0 Å². The van der Waals surface area contributed by atoms with Crippen LogP contribution in [0.2, 0.25) is 0 Å². The molecule has 1 fully saturated rings. The fourth-order valence-electron chi connectivity index (χ4n) is 4.43. The van der Waals surface area contributed by atoms with E-state index in [1.165, 1.54) is 19.3 Å². The molecule has 2 heterocycles. The lowest BCUT2D eigenvalue weighted by molar-refractivity contribution is 0.0927. The molecule has 4 aromatic rings. The summed E-state index contributed by atoms with van der Waals surface area (Å²) in [5.41, 5.74) is 4.49. The minimum atomic E-state index is -1.57. The van der Waals surface area contributed by atoms with Gasteiger partial charge in [-0.25, -0.2) is 9.35 Å². The van der Waals surface area contributed by atoms with E-state index < -0.39 is 11.0 Å². The number of aromatic nitrogens is 1. The van der Waals surface area contributed by atoms with E-state index in [1.54, 1.807) is 24.4 Å². The zero-order valence-corrected chi connectivity index (χ0v) is 18.9. The Kier molecular flexibility index (Phi) is 6.07. The van der Waals surface area contributed by atoms with Gasteiger partial charge in [0.2, 0.25) is 0 Å². The van der Waals surface area contributed by atoms with Crippen LogP contribution in [-0.4, -0.2) is 21.1 Å². The number of carbonyl (C=O) groups excluding carboxylic acids is 1. The van der Waals surface area contributed by atoms with Crippen LogP contribution in [0.5, 0.6) is 0 Å².